The van der Waals surface area contributed by atoms with E-state index < -0.39 is 17.8 Å². The lowest BCUT2D eigenvalue weighted by molar-refractivity contribution is 0.0413. The third-order valence-corrected chi connectivity index (χ3v) is 4.77. The average molecular weight is 330 g/mol. The first-order valence-electron chi connectivity index (χ1n) is 6.00. The molecule has 0 radical (unpaired) electrons. The number of carboxylic acid groups (broad SMARTS) is 1. The van der Waals surface area contributed by atoms with Gasteiger partial charge in [-0.05, 0) is 12.1 Å². The van der Waals surface area contributed by atoms with Crippen LogP contribution >= 0.6 is 23.4 Å². The zero-order chi connectivity index (χ0) is 15.3. The van der Waals surface area contributed by atoms with E-state index in [9.17, 15) is 19.1 Å². The molecule has 0 bridgehead atoms. The molecule has 0 fully saturated rings. The molecule has 1 aromatic heterocycles. The predicted molar refractivity (Wildman–Crippen MR) is 77.0 cm³/mol. The lowest BCUT2D eigenvalue weighted by Gasteiger charge is -2.13. The van der Waals surface area contributed by atoms with Crippen LogP contribution in [0, 0.1) is 0 Å². The fraction of sp³-hybridized carbons (Fsp3) is 0.231. The number of thioether (sulfide) groups is 1. The molecule has 0 spiro atoms. The quantitative estimate of drug-likeness (QED) is 0.884. The van der Waals surface area contributed by atoms with Gasteiger partial charge in [0.05, 0.1) is 15.6 Å². The number of hydrogen-bond acceptors (Lipinski definition) is 4. The number of carbonyl (C=O) groups is 1. The highest BCUT2D eigenvalue weighted by molar-refractivity contribution is 7.99. The maximum Gasteiger partial charge on any atom is 0.342 e. The topological polar surface area (TPSA) is 79.5 Å². The van der Waals surface area contributed by atoms with Crippen molar-refractivity contribution in [3.63, 3.8) is 0 Å². The normalized spacial score (nSPS) is 15.2. The van der Waals surface area contributed by atoms with Crippen LogP contribution in [-0.4, -0.2) is 26.5 Å². The van der Waals surface area contributed by atoms with Gasteiger partial charge < -0.3 is 14.8 Å². The largest absolute Gasteiger partial charge is 0.477 e. The van der Waals surface area contributed by atoms with Crippen molar-refractivity contribution in [3.8, 4) is 0 Å². The van der Waals surface area contributed by atoms with Crippen LogP contribution in [-0.2, 0) is 6.54 Å². The van der Waals surface area contributed by atoms with Crippen LogP contribution in [0.2, 0.25) is 5.02 Å². The summed E-state index contributed by atoms with van der Waals surface area (Å²) in [5.41, 5.74) is -0.827. The van der Waals surface area contributed by atoms with Crippen LogP contribution in [0.3, 0.4) is 0 Å². The maximum absolute atomic E-state index is 13.1. The van der Waals surface area contributed by atoms with E-state index in [4.69, 9.17) is 16.7 Å². The molecule has 1 atom stereocenters. The summed E-state index contributed by atoms with van der Waals surface area (Å²) in [6.07, 6.45) is -2.33. The van der Waals surface area contributed by atoms with E-state index in [-0.39, 0.29) is 21.5 Å². The monoisotopic (exact) mass is 329 g/mol. The number of rotatable bonds is 2. The second-order valence-electron chi connectivity index (χ2n) is 4.54. The van der Waals surface area contributed by atoms with E-state index in [0.29, 0.717) is 22.8 Å². The number of halogens is 2. The van der Waals surface area contributed by atoms with Crippen LogP contribution < -0.4 is 5.43 Å². The van der Waals surface area contributed by atoms with Gasteiger partial charge in [-0.3, -0.25) is 4.79 Å². The number of carboxylic acids is 1. The molecule has 2 aromatic rings. The lowest BCUT2D eigenvalue weighted by Crippen LogP contribution is -2.20. The Labute approximate surface area is 127 Å². The van der Waals surface area contributed by atoms with Crippen LogP contribution in [0.25, 0.3) is 10.9 Å². The molecule has 0 aliphatic carbocycles. The number of aryl methyl sites for hydroxylation is 1. The summed E-state index contributed by atoms with van der Waals surface area (Å²) in [4.78, 5) is 23.7. The van der Waals surface area contributed by atoms with Gasteiger partial charge in [0.2, 0.25) is 11.8 Å². The van der Waals surface area contributed by atoms with E-state index in [1.807, 2.05) is 0 Å². The fourth-order valence-electron chi connectivity index (χ4n) is 2.44. The molecule has 5 nitrogen and oxygen atoms in total. The standard InChI is InChI=1S/C13H9ClFNO4S/c14-7-4-8-6(3-5(7)11(15)18)10(17)9(13(19)20)12-16(8)1-2-21-12/h3-4,11,18H,1-2H2,(H,19,20). The molecule has 2 N–H and O–H groups in total. The van der Waals surface area contributed by atoms with Crippen LogP contribution in [0.15, 0.2) is 22.0 Å². The zero-order valence-electron chi connectivity index (χ0n) is 10.5. The Kier molecular flexibility index (Phi) is 3.43. The number of aromatic nitrogens is 1. The van der Waals surface area contributed by atoms with Gasteiger partial charge in [0.1, 0.15) is 5.56 Å². The van der Waals surface area contributed by atoms with Crippen LogP contribution in [0.4, 0.5) is 4.39 Å². The number of aliphatic hydroxyl groups excluding tert-OH is 1. The fourth-order valence-corrected chi connectivity index (χ4v) is 3.82. The van der Waals surface area contributed by atoms with Gasteiger partial charge >= 0.3 is 5.97 Å². The van der Waals surface area contributed by atoms with Crippen molar-refractivity contribution in [1.29, 1.82) is 0 Å². The van der Waals surface area contributed by atoms with Crippen molar-refractivity contribution in [2.24, 2.45) is 0 Å². The first kappa shape index (κ1) is 14.4. The minimum Gasteiger partial charge on any atom is -0.477 e. The summed E-state index contributed by atoms with van der Waals surface area (Å²) in [6.45, 7) is 0.533. The van der Waals surface area contributed by atoms with Crippen molar-refractivity contribution in [2.45, 2.75) is 17.9 Å². The zero-order valence-corrected chi connectivity index (χ0v) is 12.0. The first-order valence-corrected chi connectivity index (χ1v) is 7.36. The molecular formula is C13H9ClFNO4S. The molecule has 0 saturated heterocycles. The van der Waals surface area contributed by atoms with Crippen molar-refractivity contribution in [3.05, 3.63) is 38.5 Å². The van der Waals surface area contributed by atoms with Crippen LogP contribution in [0.5, 0.6) is 0 Å². The molecule has 3 rings (SSSR count). The second kappa shape index (κ2) is 5.01. The smallest absolute Gasteiger partial charge is 0.342 e. The molecule has 1 unspecified atom stereocenters. The number of fused-ring (bicyclic) bond motifs is 3. The average Bonchev–Trinajstić information content (AvgIpc) is 2.86. The summed E-state index contributed by atoms with van der Waals surface area (Å²) < 4.78 is 14.8. The van der Waals surface area contributed by atoms with E-state index in [1.165, 1.54) is 17.8 Å². The SMILES string of the molecule is O=C(O)c1c2n(c3cc(Cl)c(C(O)F)cc3c1=O)CCS2. The molecule has 8 heteroatoms. The Balaban J connectivity index is 2.49. The van der Waals surface area contributed by atoms with Gasteiger partial charge in [-0.2, -0.15) is 0 Å². The highest BCUT2D eigenvalue weighted by atomic mass is 35.5. The summed E-state index contributed by atoms with van der Waals surface area (Å²) in [6, 6.07) is 2.50. The number of pyridine rings is 1. The number of alkyl halides is 1. The van der Waals surface area contributed by atoms with E-state index in [0.717, 1.165) is 6.07 Å². The van der Waals surface area contributed by atoms with E-state index >= 15 is 0 Å². The van der Waals surface area contributed by atoms with Crippen LogP contribution in [0.1, 0.15) is 22.3 Å². The summed E-state index contributed by atoms with van der Waals surface area (Å²) in [5.74, 6) is -0.679. The Morgan fingerprint density at radius 3 is 2.81 bits per heavy atom. The molecule has 1 aliphatic heterocycles. The number of hydrogen-bond donors (Lipinski definition) is 2. The third kappa shape index (κ3) is 2.12. The van der Waals surface area contributed by atoms with Gasteiger partial charge in [-0.25, -0.2) is 9.18 Å². The van der Waals surface area contributed by atoms with Crippen molar-refractivity contribution < 1.29 is 19.4 Å². The number of benzene rings is 1. The van der Waals surface area contributed by atoms with Crippen molar-refractivity contribution in [2.75, 3.05) is 5.75 Å². The molecule has 0 saturated carbocycles. The predicted octanol–water partition coefficient (Wildman–Crippen LogP) is 2.42. The van der Waals surface area contributed by atoms with Gasteiger partial charge in [0, 0.05) is 23.2 Å². The third-order valence-electron chi connectivity index (χ3n) is 3.36. The lowest BCUT2D eigenvalue weighted by atomic mass is 10.1. The first-order chi connectivity index (χ1) is 9.91. The Bertz CT molecular complexity index is 833. The minimum atomic E-state index is -2.33. The summed E-state index contributed by atoms with van der Waals surface area (Å²) in [5, 5.41) is 18.7. The molecule has 110 valence electrons. The molecule has 1 aliphatic rings. The molecule has 21 heavy (non-hydrogen) atoms. The Morgan fingerprint density at radius 2 is 2.19 bits per heavy atom. The van der Waals surface area contributed by atoms with Crippen molar-refractivity contribution in [1.82, 2.24) is 4.57 Å². The second-order valence-corrected chi connectivity index (χ2v) is 6.03. The number of nitrogens with zero attached hydrogens (tertiary/aromatic N) is 1. The highest BCUT2D eigenvalue weighted by Crippen LogP contribution is 2.34. The van der Waals surface area contributed by atoms with Crippen molar-refractivity contribution >= 4 is 40.2 Å². The minimum absolute atomic E-state index is 0.00780. The molecule has 1 aromatic carbocycles. The Hall–Kier alpha value is -1.57. The summed E-state index contributed by atoms with van der Waals surface area (Å²) in [7, 11) is 0. The Morgan fingerprint density at radius 1 is 1.48 bits per heavy atom. The van der Waals surface area contributed by atoms with Gasteiger partial charge in [0.15, 0.2) is 0 Å². The van der Waals surface area contributed by atoms with Gasteiger partial charge in [-0.1, -0.05) is 11.6 Å². The van der Waals surface area contributed by atoms with Gasteiger partial charge in [0.25, 0.3) is 0 Å². The molecule has 0 amide bonds. The number of aromatic carboxylic acids is 1. The maximum atomic E-state index is 13.1. The highest BCUT2D eigenvalue weighted by Gasteiger charge is 2.26. The number of aliphatic hydroxyl groups is 1. The van der Waals surface area contributed by atoms with Gasteiger partial charge in [-0.15, -0.1) is 11.8 Å². The molecular weight excluding hydrogens is 321 g/mol. The van der Waals surface area contributed by atoms with E-state index in [2.05, 4.69) is 0 Å². The summed E-state index contributed by atoms with van der Waals surface area (Å²) >= 11 is 7.20. The molecule has 2 heterocycles. The van der Waals surface area contributed by atoms with E-state index in [1.54, 1.807) is 4.57 Å².